The summed E-state index contributed by atoms with van der Waals surface area (Å²) < 4.78 is 14.4. The summed E-state index contributed by atoms with van der Waals surface area (Å²) in [6, 6.07) is 5.78. The van der Waals surface area contributed by atoms with Crippen LogP contribution in [0, 0.1) is 5.82 Å². The van der Waals surface area contributed by atoms with E-state index < -0.39 is 0 Å². The van der Waals surface area contributed by atoms with Crippen LogP contribution in [0.4, 0.5) is 4.39 Å². The zero-order chi connectivity index (χ0) is 16.8. The van der Waals surface area contributed by atoms with Crippen molar-refractivity contribution < 1.29 is 9.18 Å². The van der Waals surface area contributed by atoms with Crippen molar-refractivity contribution in [1.29, 1.82) is 0 Å². The third kappa shape index (κ3) is 4.69. The van der Waals surface area contributed by atoms with Crippen LogP contribution in [-0.2, 0) is 11.3 Å². The van der Waals surface area contributed by atoms with Crippen molar-refractivity contribution in [2.75, 3.05) is 5.75 Å². The fourth-order valence-electron chi connectivity index (χ4n) is 2.08. The Labute approximate surface area is 137 Å². The minimum absolute atomic E-state index is 0.152. The molecule has 1 atom stereocenters. The SMILES string of the molecule is CCCn1c(SCC(=O)N[C@H](C)c2ccc(F)cc2)n[nH]c1=O. The van der Waals surface area contributed by atoms with E-state index in [4.69, 9.17) is 0 Å². The zero-order valence-corrected chi connectivity index (χ0v) is 13.8. The van der Waals surface area contributed by atoms with Gasteiger partial charge >= 0.3 is 5.69 Å². The van der Waals surface area contributed by atoms with Crippen LogP contribution in [0.25, 0.3) is 0 Å². The molecule has 0 fully saturated rings. The normalized spacial score (nSPS) is 12.1. The molecule has 0 unspecified atom stereocenters. The maximum atomic E-state index is 12.9. The van der Waals surface area contributed by atoms with Crippen molar-refractivity contribution in [3.63, 3.8) is 0 Å². The monoisotopic (exact) mass is 338 g/mol. The molecule has 2 N–H and O–H groups in total. The third-order valence-corrected chi connectivity index (χ3v) is 4.23. The van der Waals surface area contributed by atoms with Gasteiger partial charge in [-0.25, -0.2) is 14.3 Å². The van der Waals surface area contributed by atoms with Gasteiger partial charge in [-0.05, 0) is 31.0 Å². The topological polar surface area (TPSA) is 79.8 Å². The number of halogens is 1. The fraction of sp³-hybridized carbons (Fsp3) is 0.400. The lowest BCUT2D eigenvalue weighted by Crippen LogP contribution is -2.28. The van der Waals surface area contributed by atoms with E-state index in [-0.39, 0.29) is 29.2 Å². The number of thioether (sulfide) groups is 1. The summed E-state index contributed by atoms with van der Waals surface area (Å²) in [4.78, 5) is 23.6. The highest BCUT2D eigenvalue weighted by molar-refractivity contribution is 7.99. The lowest BCUT2D eigenvalue weighted by atomic mass is 10.1. The summed E-state index contributed by atoms with van der Waals surface area (Å²) in [7, 11) is 0. The number of amides is 1. The van der Waals surface area contributed by atoms with Gasteiger partial charge in [0.25, 0.3) is 0 Å². The maximum absolute atomic E-state index is 12.9. The molecule has 8 heteroatoms. The largest absolute Gasteiger partial charge is 0.349 e. The highest BCUT2D eigenvalue weighted by atomic mass is 32.2. The molecular weight excluding hydrogens is 319 g/mol. The molecule has 0 saturated heterocycles. The quantitative estimate of drug-likeness (QED) is 0.758. The number of aromatic amines is 1. The van der Waals surface area contributed by atoms with Crippen molar-refractivity contribution in [3.05, 3.63) is 46.1 Å². The van der Waals surface area contributed by atoms with Gasteiger partial charge in [0.05, 0.1) is 11.8 Å². The van der Waals surface area contributed by atoms with E-state index in [1.165, 1.54) is 28.5 Å². The maximum Gasteiger partial charge on any atom is 0.343 e. The van der Waals surface area contributed by atoms with Gasteiger partial charge in [0.2, 0.25) is 5.91 Å². The zero-order valence-electron chi connectivity index (χ0n) is 13.0. The highest BCUT2D eigenvalue weighted by Gasteiger charge is 2.13. The Morgan fingerprint density at radius 3 is 2.78 bits per heavy atom. The summed E-state index contributed by atoms with van der Waals surface area (Å²) in [6.45, 7) is 4.35. The highest BCUT2D eigenvalue weighted by Crippen LogP contribution is 2.16. The van der Waals surface area contributed by atoms with Crippen molar-refractivity contribution in [2.24, 2.45) is 0 Å². The first-order valence-electron chi connectivity index (χ1n) is 7.34. The number of carbonyl (C=O) groups is 1. The van der Waals surface area contributed by atoms with E-state index >= 15 is 0 Å². The Morgan fingerprint density at radius 1 is 1.43 bits per heavy atom. The molecule has 23 heavy (non-hydrogen) atoms. The van der Waals surface area contributed by atoms with Gasteiger partial charge in [-0.3, -0.25) is 9.36 Å². The van der Waals surface area contributed by atoms with Gasteiger partial charge in [0, 0.05) is 6.54 Å². The van der Waals surface area contributed by atoms with Crippen LogP contribution >= 0.6 is 11.8 Å². The molecular formula is C15H19FN4O2S. The van der Waals surface area contributed by atoms with Crippen LogP contribution in [0.5, 0.6) is 0 Å². The number of hydrogen-bond acceptors (Lipinski definition) is 4. The average Bonchev–Trinajstić information content (AvgIpc) is 2.87. The molecule has 2 aromatic rings. The van der Waals surface area contributed by atoms with E-state index in [1.807, 2.05) is 13.8 Å². The van der Waals surface area contributed by atoms with Crippen LogP contribution in [0.1, 0.15) is 31.9 Å². The molecule has 0 aliphatic carbocycles. The molecule has 124 valence electrons. The number of rotatable bonds is 7. The fourth-order valence-corrected chi connectivity index (χ4v) is 2.87. The minimum Gasteiger partial charge on any atom is -0.349 e. The number of nitrogens with zero attached hydrogens (tertiary/aromatic N) is 2. The van der Waals surface area contributed by atoms with E-state index in [2.05, 4.69) is 15.5 Å². The molecule has 1 aromatic heterocycles. The lowest BCUT2D eigenvalue weighted by Gasteiger charge is -2.14. The summed E-state index contributed by atoms with van der Waals surface area (Å²) >= 11 is 1.20. The Morgan fingerprint density at radius 2 is 2.13 bits per heavy atom. The number of benzene rings is 1. The standard InChI is InChI=1S/C15H19FN4O2S/c1-3-8-20-14(22)18-19-15(20)23-9-13(21)17-10(2)11-4-6-12(16)7-5-11/h4-7,10H,3,8-9H2,1-2H3,(H,17,21)(H,18,22)/t10-/m1/s1. The van der Waals surface area contributed by atoms with Gasteiger partial charge in [-0.15, -0.1) is 5.10 Å². The predicted octanol–water partition coefficient (Wildman–Crippen LogP) is 2.09. The van der Waals surface area contributed by atoms with E-state index in [1.54, 1.807) is 12.1 Å². The minimum atomic E-state index is -0.310. The second-order valence-electron chi connectivity index (χ2n) is 5.09. The molecule has 0 aliphatic heterocycles. The van der Waals surface area contributed by atoms with Crippen LogP contribution in [0.15, 0.2) is 34.2 Å². The number of H-pyrrole nitrogens is 1. The van der Waals surface area contributed by atoms with Gasteiger partial charge in [-0.2, -0.15) is 0 Å². The molecule has 2 rings (SSSR count). The molecule has 0 aliphatic rings. The van der Waals surface area contributed by atoms with E-state index in [0.29, 0.717) is 11.7 Å². The van der Waals surface area contributed by atoms with Crippen LogP contribution in [0.2, 0.25) is 0 Å². The van der Waals surface area contributed by atoms with Gasteiger partial charge in [0.15, 0.2) is 5.16 Å². The summed E-state index contributed by atoms with van der Waals surface area (Å²) in [5.41, 5.74) is 0.557. The van der Waals surface area contributed by atoms with Gasteiger partial charge in [0.1, 0.15) is 5.82 Å². The molecule has 6 nitrogen and oxygen atoms in total. The molecule has 0 radical (unpaired) electrons. The van der Waals surface area contributed by atoms with Crippen molar-refractivity contribution in [2.45, 2.75) is 38.0 Å². The second kappa shape index (κ2) is 7.96. The van der Waals surface area contributed by atoms with Gasteiger partial charge < -0.3 is 5.32 Å². The molecule has 1 aromatic carbocycles. The van der Waals surface area contributed by atoms with E-state index in [0.717, 1.165) is 12.0 Å². The van der Waals surface area contributed by atoms with Crippen LogP contribution in [-0.4, -0.2) is 26.4 Å². The Balaban J connectivity index is 1.90. The summed E-state index contributed by atoms with van der Waals surface area (Å²) in [5.74, 6) is -0.333. The van der Waals surface area contributed by atoms with Gasteiger partial charge in [-0.1, -0.05) is 30.8 Å². The summed E-state index contributed by atoms with van der Waals surface area (Å²) in [5, 5.41) is 9.65. The van der Waals surface area contributed by atoms with Crippen molar-refractivity contribution in [1.82, 2.24) is 20.1 Å². The Kier molecular flexibility index (Phi) is 5.97. The molecule has 0 bridgehead atoms. The third-order valence-electron chi connectivity index (χ3n) is 3.25. The predicted molar refractivity (Wildman–Crippen MR) is 86.8 cm³/mol. The smallest absolute Gasteiger partial charge is 0.343 e. The first-order chi connectivity index (χ1) is 11.0. The second-order valence-corrected chi connectivity index (χ2v) is 6.03. The average molecular weight is 338 g/mol. The Hall–Kier alpha value is -2.09. The van der Waals surface area contributed by atoms with E-state index in [9.17, 15) is 14.0 Å². The molecule has 0 saturated carbocycles. The Bertz CT molecular complexity index is 711. The first-order valence-corrected chi connectivity index (χ1v) is 8.32. The lowest BCUT2D eigenvalue weighted by molar-refractivity contribution is -0.119. The molecule has 0 spiro atoms. The number of carbonyl (C=O) groups excluding carboxylic acids is 1. The molecule has 1 amide bonds. The number of hydrogen-bond donors (Lipinski definition) is 2. The number of aromatic nitrogens is 3. The van der Waals surface area contributed by atoms with Crippen molar-refractivity contribution in [3.8, 4) is 0 Å². The van der Waals surface area contributed by atoms with Crippen LogP contribution < -0.4 is 11.0 Å². The molecule has 1 heterocycles. The number of nitrogens with one attached hydrogen (secondary N) is 2. The van der Waals surface area contributed by atoms with Crippen LogP contribution in [0.3, 0.4) is 0 Å². The van der Waals surface area contributed by atoms with Crippen molar-refractivity contribution >= 4 is 17.7 Å². The first kappa shape index (κ1) is 17.3. The summed E-state index contributed by atoms with van der Waals surface area (Å²) in [6.07, 6.45) is 0.806.